The SMILES string of the molecule is O=C(CCc1ccc(OC(F)F)cc1)Nc1ccc(N2CCOCC2)cc1C(F)(F)F. The molecule has 1 fully saturated rings. The predicted molar refractivity (Wildman–Crippen MR) is 105 cm³/mol. The minimum Gasteiger partial charge on any atom is -0.435 e. The molecule has 1 N–H and O–H groups in total. The second kappa shape index (κ2) is 9.95. The smallest absolute Gasteiger partial charge is 0.418 e. The van der Waals surface area contributed by atoms with Crippen LogP contribution in [0.15, 0.2) is 42.5 Å². The Bertz CT molecular complexity index is 882. The molecule has 5 nitrogen and oxygen atoms in total. The van der Waals surface area contributed by atoms with E-state index >= 15 is 0 Å². The fourth-order valence-electron chi connectivity index (χ4n) is 3.20. The molecule has 0 saturated carbocycles. The van der Waals surface area contributed by atoms with Crippen molar-refractivity contribution >= 4 is 17.3 Å². The molecule has 1 aliphatic rings. The Morgan fingerprint density at radius 3 is 2.39 bits per heavy atom. The topological polar surface area (TPSA) is 50.8 Å². The number of halogens is 5. The summed E-state index contributed by atoms with van der Waals surface area (Å²) in [5.74, 6) is -0.601. The summed E-state index contributed by atoms with van der Waals surface area (Å²) in [5, 5.41) is 2.33. The molecule has 2 aromatic rings. The standard InChI is InChI=1S/C21H21F5N2O3/c22-20(23)31-16-5-1-14(2-6-16)3-8-19(29)27-18-7-4-15(13-17(18)21(24,25)26)28-9-11-30-12-10-28/h1-2,4-7,13,20H,3,8-12H2,(H,27,29). The van der Waals surface area contributed by atoms with E-state index in [2.05, 4.69) is 10.1 Å². The maximum Gasteiger partial charge on any atom is 0.418 e. The number of ether oxygens (including phenoxy) is 2. The quantitative estimate of drug-likeness (QED) is 0.629. The van der Waals surface area contributed by atoms with Crippen molar-refractivity contribution in [2.24, 2.45) is 0 Å². The van der Waals surface area contributed by atoms with Gasteiger partial charge in [-0.2, -0.15) is 22.0 Å². The van der Waals surface area contributed by atoms with Crippen LogP contribution in [-0.4, -0.2) is 38.8 Å². The molecule has 0 aliphatic carbocycles. The summed E-state index contributed by atoms with van der Waals surface area (Å²) in [7, 11) is 0. The van der Waals surface area contributed by atoms with Gasteiger partial charge in [-0.25, -0.2) is 0 Å². The maximum absolute atomic E-state index is 13.6. The second-order valence-electron chi connectivity index (χ2n) is 6.90. The minimum atomic E-state index is -4.63. The highest BCUT2D eigenvalue weighted by Crippen LogP contribution is 2.37. The normalized spacial score (nSPS) is 14.6. The van der Waals surface area contributed by atoms with Crippen molar-refractivity contribution in [1.82, 2.24) is 0 Å². The number of alkyl halides is 5. The third-order valence-electron chi connectivity index (χ3n) is 4.75. The number of rotatable bonds is 7. The van der Waals surface area contributed by atoms with Gasteiger partial charge in [-0.1, -0.05) is 12.1 Å². The molecular weight excluding hydrogens is 423 g/mol. The van der Waals surface area contributed by atoms with Crippen LogP contribution in [0.2, 0.25) is 0 Å². The molecule has 0 aromatic heterocycles. The largest absolute Gasteiger partial charge is 0.435 e. The van der Waals surface area contributed by atoms with Crippen LogP contribution in [0.25, 0.3) is 0 Å². The summed E-state index contributed by atoms with van der Waals surface area (Å²) in [6.45, 7) is -1.08. The number of nitrogens with one attached hydrogen (secondary N) is 1. The van der Waals surface area contributed by atoms with Gasteiger partial charge < -0.3 is 19.7 Å². The van der Waals surface area contributed by atoms with E-state index in [0.717, 1.165) is 6.07 Å². The molecule has 31 heavy (non-hydrogen) atoms. The number of hydrogen-bond acceptors (Lipinski definition) is 4. The first-order valence-electron chi connectivity index (χ1n) is 9.60. The number of aryl methyl sites for hydroxylation is 1. The van der Waals surface area contributed by atoms with E-state index in [1.165, 1.54) is 36.4 Å². The molecule has 168 valence electrons. The van der Waals surface area contributed by atoms with E-state index in [9.17, 15) is 26.7 Å². The molecule has 0 atom stereocenters. The van der Waals surface area contributed by atoms with Crippen molar-refractivity contribution in [3.63, 3.8) is 0 Å². The summed E-state index contributed by atoms with van der Waals surface area (Å²) < 4.78 is 74.5. The highest BCUT2D eigenvalue weighted by atomic mass is 19.4. The number of benzene rings is 2. The Morgan fingerprint density at radius 1 is 1.10 bits per heavy atom. The summed E-state index contributed by atoms with van der Waals surface area (Å²) >= 11 is 0. The van der Waals surface area contributed by atoms with Crippen molar-refractivity contribution in [3.05, 3.63) is 53.6 Å². The van der Waals surface area contributed by atoms with Gasteiger partial charge in [0.05, 0.1) is 24.5 Å². The van der Waals surface area contributed by atoms with Crippen LogP contribution < -0.4 is 15.0 Å². The molecule has 0 radical (unpaired) electrons. The van der Waals surface area contributed by atoms with Crippen LogP contribution in [0.3, 0.4) is 0 Å². The minimum absolute atomic E-state index is 0.0154. The molecule has 10 heteroatoms. The van der Waals surface area contributed by atoms with Crippen molar-refractivity contribution in [3.8, 4) is 5.75 Å². The maximum atomic E-state index is 13.6. The van der Waals surface area contributed by atoms with Crippen molar-refractivity contribution in [2.75, 3.05) is 36.5 Å². The molecule has 0 bridgehead atoms. The van der Waals surface area contributed by atoms with Crippen molar-refractivity contribution in [1.29, 1.82) is 0 Å². The first-order chi connectivity index (χ1) is 14.7. The lowest BCUT2D eigenvalue weighted by molar-refractivity contribution is -0.136. The molecule has 1 saturated heterocycles. The van der Waals surface area contributed by atoms with Crippen LogP contribution in [0.4, 0.5) is 33.3 Å². The summed E-state index contributed by atoms with van der Waals surface area (Å²) in [4.78, 5) is 14.0. The fourth-order valence-corrected chi connectivity index (χ4v) is 3.20. The molecule has 2 aromatic carbocycles. The first kappa shape index (κ1) is 22.8. The first-order valence-corrected chi connectivity index (χ1v) is 9.60. The van der Waals surface area contributed by atoms with Crippen molar-refractivity contribution in [2.45, 2.75) is 25.6 Å². The van der Waals surface area contributed by atoms with Crippen molar-refractivity contribution < 1.29 is 36.2 Å². The zero-order valence-electron chi connectivity index (χ0n) is 16.4. The van der Waals surface area contributed by atoms with Gasteiger partial charge in [0.2, 0.25) is 5.91 Å². The van der Waals surface area contributed by atoms with Crippen LogP contribution in [0.1, 0.15) is 17.5 Å². The molecule has 1 aliphatic heterocycles. The lowest BCUT2D eigenvalue weighted by atomic mass is 10.1. The highest BCUT2D eigenvalue weighted by molar-refractivity contribution is 5.92. The second-order valence-corrected chi connectivity index (χ2v) is 6.90. The average Bonchev–Trinajstić information content (AvgIpc) is 2.73. The van der Waals surface area contributed by atoms with Gasteiger partial charge in [0.15, 0.2) is 0 Å². The lowest BCUT2D eigenvalue weighted by Crippen LogP contribution is -2.36. The van der Waals surface area contributed by atoms with E-state index in [1.54, 1.807) is 4.90 Å². The van der Waals surface area contributed by atoms with Crippen LogP contribution in [0, 0.1) is 0 Å². The van der Waals surface area contributed by atoms with Crippen LogP contribution in [0.5, 0.6) is 5.75 Å². The molecule has 3 rings (SSSR count). The Labute approximate surface area is 175 Å². The number of nitrogens with zero attached hydrogens (tertiary/aromatic N) is 1. The molecule has 0 spiro atoms. The van der Waals surface area contributed by atoms with E-state index in [-0.39, 0.29) is 24.3 Å². The number of amides is 1. The Kier molecular flexibility index (Phi) is 7.32. The van der Waals surface area contributed by atoms with Gasteiger partial charge in [-0.3, -0.25) is 4.79 Å². The molecule has 0 unspecified atom stereocenters. The lowest BCUT2D eigenvalue weighted by Gasteiger charge is -2.29. The predicted octanol–water partition coefficient (Wildman–Crippen LogP) is 4.71. The van der Waals surface area contributed by atoms with Gasteiger partial charge in [0.1, 0.15) is 5.75 Å². The zero-order valence-corrected chi connectivity index (χ0v) is 16.4. The zero-order chi connectivity index (χ0) is 22.4. The van der Waals surface area contributed by atoms with Gasteiger partial charge in [-0.05, 0) is 42.3 Å². The third-order valence-corrected chi connectivity index (χ3v) is 4.75. The van der Waals surface area contributed by atoms with Gasteiger partial charge in [0.25, 0.3) is 0 Å². The number of hydrogen-bond donors (Lipinski definition) is 1. The fraction of sp³-hybridized carbons (Fsp3) is 0.381. The number of carbonyl (C=O) groups is 1. The molecule has 1 heterocycles. The number of morpholine rings is 1. The highest BCUT2D eigenvalue weighted by Gasteiger charge is 2.34. The summed E-state index contributed by atoms with van der Waals surface area (Å²) in [6, 6.07) is 9.53. The molecular formula is C21H21F5N2O3. The monoisotopic (exact) mass is 444 g/mol. The van der Waals surface area contributed by atoms with E-state index < -0.39 is 24.3 Å². The Morgan fingerprint density at radius 2 is 1.77 bits per heavy atom. The van der Waals surface area contributed by atoms with Gasteiger partial charge >= 0.3 is 12.8 Å². The summed E-state index contributed by atoms with van der Waals surface area (Å²) in [5.41, 5.74) is -0.149. The molecule has 1 amide bonds. The van der Waals surface area contributed by atoms with E-state index in [0.29, 0.717) is 37.6 Å². The van der Waals surface area contributed by atoms with E-state index in [4.69, 9.17) is 4.74 Å². The van der Waals surface area contributed by atoms with Gasteiger partial charge in [0, 0.05) is 25.2 Å². The number of anilines is 2. The Hall–Kier alpha value is -2.88. The average molecular weight is 444 g/mol. The third kappa shape index (κ3) is 6.55. The Balaban J connectivity index is 1.64. The van der Waals surface area contributed by atoms with Crippen LogP contribution >= 0.6 is 0 Å². The summed E-state index contributed by atoms with van der Waals surface area (Å²) in [6.07, 6.45) is -4.48. The van der Waals surface area contributed by atoms with E-state index in [1.807, 2.05) is 0 Å². The van der Waals surface area contributed by atoms with Crippen LogP contribution in [-0.2, 0) is 22.1 Å². The van der Waals surface area contributed by atoms with Gasteiger partial charge in [-0.15, -0.1) is 0 Å². The number of carbonyl (C=O) groups excluding carboxylic acids is 1.